The van der Waals surface area contributed by atoms with E-state index in [1.807, 2.05) is 13.0 Å². The first kappa shape index (κ1) is 12.2. The molecule has 3 nitrogen and oxygen atoms in total. The van der Waals surface area contributed by atoms with Crippen molar-refractivity contribution in [2.24, 2.45) is 0 Å². The lowest BCUT2D eigenvalue weighted by Crippen LogP contribution is -2.21. The summed E-state index contributed by atoms with van der Waals surface area (Å²) in [5, 5.41) is 9.91. The van der Waals surface area contributed by atoms with E-state index in [2.05, 4.69) is 0 Å². The van der Waals surface area contributed by atoms with Crippen LogP contribution in [0, 0.1) is 0 Å². The summed E-state index contributed by atoms with van der Waals surface area (Å²) in [5.74, 6) is -0.114. The maximum atomic E-state index is 11.4. The molecule has 1 aromatic carbocycles. The molecule has 4 heteroatoms. The van der Waals surface area contributed by atoms with Crippen molar-refractivity contribution in [3.05, 3.63) is 28.3 Å². The van der Waals surface area contributed by atoms with Crippen LogP contribution in [0.3, 0.4) is 0 Å². The van der Waals surface area contributed by atoms with Gasteiger partial charge >= 0.3 is 5.97 Å². The fourth-order valence-electron chi connectivity index (χ4n) is 2.23. The lowest BCUT2D eigenvalue weighted by Gasteiger charge is -2.18. The number of ether oxygens (including phenoxy) is 1. The summed E-state index contributed by atoms with van der Waals surface area (Å²) in [6.07, 6.45) is 2.08. The Bertz CT molecular complexity index is 464. The molecule has 17 heavy (non-hydrogen) atoms. The monoisotopic (exact) mass is 254 g/mol. The van der Waals surface area contributed by atoms with E-state index in [0.29, 0.717) is 23.6 Å². The smallest absolute Gasteiger partial charge is 0.314 e. The largest absolute Gasteiger partial charge is 0.496 e. The summed E-state index contributed by atoms with van der Waals surface area (Å²) in [7, 11) is 1.57. The molecule has 92 valence electrons. The highest BCUT2D eigenvalue weighted by atomic mass is 35.5. The molecule has 0 heterocycles. The third kappa shape index (κ3) is 1.89. The zero-order valence-electron chi connectivity index (χ0n) is 9.92. The molecule has 1 aromatic rings. The van der Waals surface area contributed by atoms with E-state index in [0.717, 1.165) is 17.5 Å². The van der Waals surface area contributed by atoms with Crippen molar-refractivity contribution >= 4 is 17.6 Å². The van der Waals surface area contributed by atoms with Crippen LogP contribution in [0.25, 0.3) is 0 Å². The molecule has 2 rings (SSSR count). The zero-order valence-corrected chi connectivity index (χ0v) is 10.7. The second-order valence-corrected chi connectivity index (χ2v) is 4.82. The Morgan fingerprint density at radius 3 is 2.59 bits per heavy atom. The predicted molar refractivity (Wildman–Crippen MR) is 65.9 cm³/mol. The molecule has 1 saturated carbocycles. The number of carboxylic acid groups (broad SMARTS) is 1. The minimum Gasteiger partial charge on any atom is -0.496 e. The van der Waals surface area contributed by atoms with Crippen molar-refractivity contribution in [1.29, 1.82) is 0 Å². The normalized spacial score (nSPS) is 16.6. The number of hydrogen-bond acceptors (Lipinski definition) is 2. The van der Waals surface area contributed by atoms with Crippen LogP contribution in [0.2, 0.25) is 5.02 Å². The van der Waals surface area contributed by atoms with Gasteiger partial charge in [-0.2, -0.15) is 0 Å². The topological polar surface area (TPSA) is 46.5 Å². The SMILES string of the molecule is CCc1cc(Cl)cc(C2(C(=O)O)CC2)c1OC. The molecule has 0 aliphatic heterocycles. The Labute approximate surface area is 105 Å². The number of benzene rings is 1. The third-order valence-electron chi connectivity index (χ3n) is 3.39. The van der Waals surface area contributed by atoms with Gasteiger partial charge in [0.25, 0.3) is 0 Å². The summed E-state index contributed by atoms with van der Waals surface area (Å²) >= 11 is 6.05. The fourth-order valence-corrected chi connectivity index (χ4v) is 2.47. The standard InChI is InChI=1S/C13H15ClO3/c1-3-8-6-9(14)7-10(11(8)17-2)13(4-5-13)12(15)16/h6-7H,3-5H2,1-2H3,(H,15,16). The maximum Gasteiger partial charge on any atom is 0.314 e. The van der Waals surface area contributed by atoms with E-state index in [-0.39, 0.29) is 0 Å². The number of rotatable bonds is 4. The molecule has 1 aliphatic carbocycles. The molecule has 0 bridgehead atoms. The van der Waals surface area contributed by atoms with E-state index >= 15 is 0 Å². The van der Waals surface area contributed by atoms with Crippen molar-refractivity contribution in [1.82, 2.24) is 0 Å². The van der Waals surface area contributed by atoms with Gasteiger partial charge in [-0.05, 0) is 37.0 Å². The van der Waals surface area contributed by atoms with Crippen molar-refractivity contribution in [3.8, 4) is 5.75 Å². The van der Waals surface area contributed by atoms with Gasteiger partial charge in [0.2, 0.25) is 0 Å². The van der Waals surface area contributed by atoms with Crippen LogP contribution in [-0.4, -0.2) is 18.2 Å². The summed E-state index contributed by atoms with van der Waals surface area (Å²) in [5.41, 5.74) is 0.902. The zero-order chi connectivity index (χ0) is 12.6. The van der Waals surface area contributed by atoms with Gasteiger partial charge in [0, 0.05) is 10.6 Å². The number of carboxylic acids is 1. The highest BCUT2D eigenvalue weighted by Gasteiger charge is 2.53. The summed E-state index contributed by atoms with van der Waals surface area (Å²) < 4.78 is 5.38. The molecule has 0 saturated heterocycles. The predicted octanol–water partition coefficient (Wildman–Crippen LogP) is 3.03. The molecule has 0 radical (unpaired) electrons. The minimum atomic E-state index is -0.792. The van der Waals surface area contributed by atoms with E-state index in [1.165, 1.54) is 0 Å². The molecule has 0 aromatic heterocycles. The van der Waals surface area contributed by atoms with E-state index in [1.54, 1.807) is 13.2 Å². The highest BCUT2D eigenvalue weighted by Crippen LogP contribution is 2.52. The molecule has 0 unspecified atom stereocenters. The maximum absolute atomic E-state index is 11.4. The number of aliphatic carboxylic acids is 1. The van der Waals surface area contributed by atoms with Gasteiger partial charge in [0.15, 0.2) is 0 Å². The summed E-state index contributed by atoms with van der Waals surface area (Å²) in [6.45, 7) is 2.00. The van der Waals surface area contributed by atoms with E-state index in [9.17, 15) is 9.90 Å². The Balaban J connectivity index is 2.60. The first-order valence-electron chi connectivity index (χ1n) is 5.65. The number of aryl methyl sites for hydroxylation is 1. The molecule has 0 amide bonds. The van der Waals surface area contributed by atoms with E-state index in [4.69, 9.17) is 16.3 Å². The first-order valence-corrected chi connectivity index (χ1v) is 6.03. The lowest BCUT2D eigenvalue weighted by molar-refractivity contribution is -0.140. The Kier molecular flexibility index (Phi) is 3.04. The van der Waals surface area contributed by atoms with Crippen molar-refractivity contribution in [2.75, 3.05) is 7.11 Å². The van der Waals surface area contributed by atoms with Crippen LogP contribution < -0.4 is 4.74 Å². The van der Waals surface area contributed by atoms with Crippen LogP contribution in [0.5, 0.6) is 5.75 Å². The van der Waals surface area contributed by atoms with Gasteiger partial charge in [-0.3, -0.25) is 4.79 Å². The van der Waals surface area contributed by atoms with Gasteiger partial charge in [0.05, 0.1) is 12.5 Å². The van der Waals surface area contributed by atoms with Gasteiger partial charge in [0.1, 0.15) is 5.75 Å². The molecule has 1 fully saturated rings. The summed E-state index contributed by atoms with van der Waals surface area (Å²) in [6, 6.07) is 3.56. The quantitative estimate of drug-likeness (QED) is 0.898. The number of carbonyl (C=O) groups is 1. The molecular formula is C13H15ClO3. The van der Waals surface area contributed by atoms with Crippen molar-refractivity contribution < 1.29 is 14.6 Å². The lowest BCUT2D eigenvalue weighted by atomic mass is 9.92. The van der Waals surface area contributed by atoms with Crippen LogP contribution in [0.1, 0.15) is 30.9 Å². The van der Waals surface area contributed by atoms with Gasteiger partial charge < -0.3 is 9.84 Å². The van der Waals surface area contributed by atoms with Gasteiger partial charge in [-0.1, -0.05) is 18.5 Å². The Morgan fingerprint density at radius 2 is 2.18 bits per heavy atom. The van der Waals surface area contributed by atoms with Crippen LogP contribution in [-0.2, 0) is 16.6 Å². The minimum absolute atomic E-state index is 0.574. The van der Waals surface area contributed by atoms with Crippen LogP contribution in [0.4, 0.5) is 0 Å². The van der Waals surface area contributed by atoms with Crippen molar-refractivity contribution in [2.45, 2.75) is 31.6 Å². The molecule has 1 N–H and O–H groups in total. The fraction of sp³-hybridized carbons (Fsp3) is 0.462. The third-order valence-corrected chi connectivity index (χ3v) is 3.61. The van der Waals surface area contributed by atoms with Crippen LogP contribution >= 0.6 is 11.6 Å². The average Bonchev–Trinajstić information content (AvgIpc) is 3.08. The first-order chi connectivity index (χ1) is 8.05. The average molecular weight is 255 g/mol. The second kappa shape index (κ2) is 4.22. The molecule has 1 aliphatic rings. The van der Waals surface area contributed by atoms with Crippen LogP contribution in [0.15, 0.2) is 12.1 Å². The molecule has 0 spiro atoms. The highest BCUT2D eigenvalue weighted by molar-refractivity contribution is 6.30. The van der Waals surface area contributed by atoms with Gasteiger partial charge in [-0.25, -0.2) is 0 Å². The van der Waals surface area contributed by atoms with Crippen molar-refractivity contribution in [3.63, 3.8) is 0 Å². The second-order valence-electron chi connectivity index (χ2n) is 4.39. The molecule has 0 atom stereocenters. The number of hydrogen-bond donors (Lipinski definition) is 1. The number of halogens is 1. The Morgan fingerprint density at radius 1 is 1.53 bits per heavy atom. The number of methoxy groups -OCH3 is 1. The summed E-state index contributed by atoms with van der Waals surface area (Å²) in [4.78, 5) is 11.4. The van der Waals surface area contributed by atoms with E-state index < -0.39 is 11.4 Å². The molecular weight excluding hydrogens is 240 g/mol. The van der Waals surface area contributed by atoms with Gasteiger partial charge in [-0.15, -0.1) is 0 Å². The Hall–Kier alpha value is -1.22.